The van der Waals surface area contributed by atoms with Crippen LogP contribution in [0.1, 0.15) is 5.56 Å². The topological polar surface area (TPSA) is 101 Å². The van der Waals surface area contributed by atoms with Crippen LogP contribution in [-0.4, -0.2) is 36.9 Å². The van der Waals surface area contributed by atoms with Crippen molar-refractivity contribution in [3.05, 3.63) is 78.2 Å². The van der Waals surface area contributed by atoms with Gasteiger partial charge in [-0.05, 0) is 29.8 Å². The smallest absolute Gasteiger partial charge is 0.412 e. The van der Waals surface area contributed by atoms with Crippen molar-refractivity contribution in [2.45, 2.75) is 32.3 Å². The van der Waals surface area contributed by atoms with E-state index in [4.69, 9.17) is 9.47 Å². The largest absolute Gasteiger partial charge is 0.465 e. The van der Waals surface area contributed by atoms with Crippen LogP contribution >= 0.6 is 0 Å². The van der Waals surface area contributed by atoms with Gasteiger partial charge in [-0.25, -0.2) is 19.0 Å². The lowest BCUT2D eigenvalue weighted by Gasteiger charge is -2.23. The van der Waals surface area contributed by atoms with Crippen LogP contribution in [0.5, 0.6) is 11.5 Å². The SMILES string of the molecule is C[Si](C)(C)CCN(C(=O)O)c1cc(Oc2ccc(NC(=O)OCc3ccccc3)c(F)c2)ccn1. The van der Waals surface area contributed by atoms with E-state index in [1.165, 1.54) is 29.3 Å². The first-order chi connectivity index (χ1) is 16.6. The minimum atomic E-state index is -1.46. The fourth-order valence-corrected chi connectivity index (χ4v) is 3.93. The second-order valence-electron chi connectivity index (χ2n) is 9.03. The Morgan fingerprint density at radius 3 is 2.43 bits per heavy atom. The molecule has 2 N–H and O–H groups in total. The number of hydrogen-bond donors (Lipinski definition) is 2. The molecule has 184 valence electrons. The second kappa shape index (κ2) is 11.5. The summed E-state index contributed by atoms with van der Waals surface area (Å²) in [6.45, 7) is 6.88. The summed E-state index contributed by atoms with van der Waals surface area (Å²) in [4.78, 5) is 29.1. The van der Waals surface area contributed by atoms with Crippen molar-refractivity contribution in [1.82, 2.24) is 4.98 Å². The van der Waals surface area contributed by atoms with Gasteiger partial charge in [0.25, 0.3) is 0 Å². The number of carboxylic acid groups (broad SMARTS) is 1. The molecular weight excluding hydrogens is 469 g/mol. The van der Waals surface area contributed by atoms with Crippen molar-refractivity contribution in [2.24, 2.45) is 0 Å². The van der Waals surface area contributed by atoms with E-state index < -0.39 is 26.1 Å². The summed E-state index contributed by atoms with van der Waals surface area (Å²) in [6, 6.07) is 16.9. The monoisotopic (exact) mass is 497 g/mol. The molecule has 0 saturated carbocycles. The molecule has 1 aromatic heterocycles. The first-order valence-corrected chi connectivity index (χ1v) is 14.7. The van der Waals surface area contributed by atoms with Crippen LogP contribution in [-0.2, 0) is 11.3 Å². The molecule has 0 spiro atoms. The van der Waals surface area contributed by atoms with E-state index in [2.05, 4.69) is 29.9 Å². The summed E-state index contributed by atoms with van der Waals surface area (Å²) >= 11 is 0. The van der Waals surface area contributed by atoms with Crippen LogP contribution in [0.2, 0.25) is 25.7 Å². The average Bonchev–Trinajstić information content (AvgIpc) is 2.80. The van der Waals surface area contributed by atoms with Crippen molar-refractivity contribution >= 4 is 31.8 Å². The second-order valence-corrected chi connectivity index (χ2v) is 14.6. The predicted octanol–water partition coefficient (Wildman–Crippen LogP) is 6.58. The predicted molar refractivity (Wildman–Crippen MR) is 134 cm³/mol. The molecule has 0 radical (unpaired) electrons. The maximum Gasteiger partial charge on any atom is 0.412 e. The molecule has 0 aliphatic heterocycles. The van der Waals surface area contributed by atoms with E-state index >= 15 is 0 Å². The zero-order chi connectivity index (χ0) is 25.4. The molecule has 0 unspecified atom stereocenters. The number of carbonyl (C=O) groups excluding carboxylic acids is 1. The molecule has 35 heavy (non-hydrogen) atoms. The first-order valence-electron chi connectivity index (χ1n) is 11.0. The fourth-order valence-electron chi connectivity index (χ4n) is 3.03. The zero-order valence-electron chi connectivity index (χ0n) is 19.8. The number of ether oxygens (including phenoxy) is 2. The number of pyridine rings is 1. The third-order valence-corrected chi connectivity index (χ3v) is 6.66. The van der Waals surface area contributed by atoms with Crippen LogP contribution in [0.15, 0.2) is 66.9 Å². The molecule has 0 bridgehead atoms. The highest BCUT2D eigenvalue weighted by molar-refractivity contribution is 6.76. The fraction of sp³-hybridized carbons (Fsp3) is 0.240. The molecule has 10 heteroatoms. The van der Waals surface area contributed by atoms with Gasteiger partial charge in [-0.1, -0.05) is 50.0 Å². The van der Waals surface area contributed by atoms with Gasteiger partial charge < -0.3 is 14.6 Å². The van der Waals surface area contributed by atoms with Gasteiger partial charge in [-0.2, -0.15) is 0 Å². The van der Waals surface area contributed by atoms with Gasteiger partial charge in [-0.15, -0.1) is 0 Å². The van der Waals surface area contributed by atoms with Gasteiger partial charge in [0.1, 0.15) is 23.9 Å². The standard InChI is InChI=1S/C25H28FN3O5Si/c1-35(2,3)14-13-29(25(31)32)23-16-20(11-12-27-23)34-19-9-10-22(21(26)15-19)28-24(30)33-17-18-7-5-4-6-8-18/h4-12,15-16H,13-14,17H2,1-3H3,(H,28,30)(H,31,32). The van der Waals surface area contributed by atoms with E-state index in [9.17, 15) is 19.1 Å². The zero-order valence-corrected chi connectivity index (χ0v) is 20.8. The lowest BCUT2D eigenvalue weighted by molar-refractivity contribution is 0.155. The minimum Gasteiger partial charge on any atom is -0.465 e. The molecule has 3 aromatic rings. The van der Waals surface area contributed by atoms with Crippen LogP contribution in [0.25, 0.3) is 0 Å². The number of aromatic nitrogens is 1. The van der Waals surface area contributed by atoms with E-state index in [0.29, 0.717) is 12.3 Å². The van der Waals surface area contributed by atoms with Crippen LogP contribution < -0.4 is 15.0 Å². The average molecular weight is 498 g/mol. The number of carbonyl (C=O) groups is 2. The van der Waals surface area contributed by atoms with Crippen molar-refractivity contribution in [1.29, 1.82) is 0 Å². The summed E-state index contributed by atoms with van der Waals surface area (Å²) < 4.78 is 25.4. The number of benzene rings is 2. The third-order valence-electron chi connectivity index (χ3n) is 4.94. The van der Waals surface area contributed by atoms with Gasteiger partial charge in [-0.3, -0.25) is 10.2 Å². The van der Waals surface area contributed by atoms with Gasteiger partial charge in [0.15, 0.2) is 5.82 Å². The van der Waals surface area contributed by atoms with E-state index in [1.807, 2.05) is 30.3 Å². The Balaban J connectivity index is 1.63. The quantitative estimate of drug-likeness (QED) is 0.324. The first kappa shape index (κ1) is 25.7. The molecule has 0 aliphatic rings. The number of nitrogens with one attached hydrogen (secondary N) is 1. The molecule has 0 fully saturated rings. The Hall–Kier alpha value is -3.92. The highest BCUT2D eigenvalue weighted by Gasteiger charge is 2.21. The van der Waals surface area contributed by atoms with Gasteiger partial charge in [0.05, 0.1) is 5.69 Å². The van der Waals surface area contributed by atoms with Crippen molar-refractivity contribution in [3.8, 4) is 11.5 Å². The highest BCUT2D eigenvalue weighted by atomic mass is 28.3. The van der Waals surface area contributed by atoms with E-state index in [1.54, 1.807) is 6.07 Å². The number of anilines is 2. The molecular formula is C25H28FN3O5Si. The highest BCUT2D eigenvalue weighted by Crippen LogP contribution is 2.28. The molecule has 3 rings (SSSR count). The summed E-state index contributed by atoms with van der Waals surface area (Å²) in [5.74, 6) is -0.00707. The van der Waals surface area contributed by atoms with Gasteiger partial charge in [0.2, 0.25) is 0 Å². The Morgan fingerprint density at radius 2 is 1.77 bits per heavy atom. The number of rotatable bonds is 9. The number of nitrogens with zero attached hydrogens (tertiary/aromatic N) is 2. The van der Waals surface area contributed by atoms with E-state index in [-0.39, 0.29) is 23.9 Å². The minimum absolute atomic E-state index is 0.0607. The van der Waals surface area contributed by atoms with Crippen molar-refractivity contribution < 1.29 is 28.6 Å². The summed E-state index contributed by atoms with van der Waals surface area (Å²) in [6.07, 6.45) is -0.453. The maximum absolute atomic E-state index is 14.6. The Bertz CT molecular complexity index is 1170. The molecule has 0 saturated heterocycles. The molecule has 8 nitrogen and oxygen atoms in total. The number of hydrogen-bond acceptors (Lipinski definition) is 5. The molecule has 0 aliphatic carbocycles. The van der Waals surface area contributed by atoms with Crippen LogP contribution in [0.3, 0.4) is 0 Å². The molecule has 2 aromatic carbocycles. The summed E-state index contributed by atoms with van der Waals surface area (Å²) in [7, 11) is -1.46. The van der Waals surface area contributed by atoms with Crippen molar-refractivity contribution in [2.75, 3.05) is 16.8 Å². The molecule has 2 amide bonds. The molecule has 1 heterocycles. The maximum atomic E-state index is 14.6. The lowest BCUT2D eigenvalue weighted by atomic mass is 10.2. The van der Waals surface area contributed by atoms with Crippen LogP contribution in [0, 0.1) is 5.82 Å². The summed E-state index contributed by atoms with van der Waals surface area (Å²) in [5.41, 5.74) is 0.750. The number of amides is 2. The Labute approximate surface area is 204 Å². The Kier molecular flexibility index (Phi) is 8.42. The lowest BCUT2D eigenvalue weighted by Crippen LogP contribution is -2.35. The summed E-state index contributed by atoms with van der Waals surface area (Å²) in [5, 5.41) is 12.0. The van der Waals surface area contributed by atoms with Crippen molar-refractivity contribution in [3.63, 3.8) is 0 Å². The number of halogens is 1. The Morgan fingerprint density at radius 1 is 1.06 bits per heavy atom. The normalized spacial score (nSPS) is 11.0. The molecule has 0 atom stereocenters. The van der Waals surface area contributed by atoms with Crippen LogP contribution in [0.4, 0.5) is 25.5 Å². The third kappa shape index (κ3) is 8.11. The van der Waals surface area contributed by atoms with E-state index in [0.717, 1.165) is 17.7 Å². The van der Waals surface area contributed by atoms with Gasteiger partial charge >= 0.3 is 12.2 Å². The van der Waals surface area contributed by atoms with Gasteiger partial charge in [0, 0.05) is 32.9 Å².